The van der Waals surface area contributed by atoms with Gasteiger partial charge in [-0.2, -0.15) is 0 Å². The zero-order valence-corrected chi connectivity index (χ0v) is 28.5. The van der Waals surface area contributed by atoms with Gasteiger partial charge in [-0.15, -0.1) is 0 Å². The van der Waals surface area contributed by atoms with Crippen LogP contribution in [0.4, 0.5) is 0 Å². The van der Waals surface area contributed by atoms with Gasteiger partial charge in [0.2, 0.25) is 0 Å². The van der Waals surface area contributed by atoms with Crippen LogP contribution in [0.2, 0.25) is 0 Å². The Balaban J connectivity index is 1.28. The number of ether oxygens (including phenoxy) is 2. The minimum atomic E-state index is 0.0336. The van der Waals surface area contributed by atoms with Crippen LogP contribution in [-0.2, 0) is 0 Å². The second-order valence-electron chi connectivity index (χ2n) is 14.0. The van der Waals surface area contributed by atoms with Gasteiger partial charge in [-0.05, 0) is 120 Å². The van der Waals surface area contributed by atoms with Crippen molar-refractivity contribution in [3.05, 3.63) is 156 Å². The number of fused-ring (bicyclic) bond motifs is 7. The van der Waals surface area contributed by atoms with E-state index in [2.05, 4.69) is 166 Å². The number of hydrogen-bond acceptors (Lipinski definition) is 2. The van der Waals surface area contributed by atoms with E-state index in [1.807, 2.05) is 0 Å². The monoisotopic (exact) mass is 643 g/mol. The first kappa shape index (κ1) is 29.0. The Hall–Kier alpha value is -6.00. The van der Waals surface area contributed by atoms with Gasteiger partial charge in [0.1, 0.15) is 23.0 Å². The van der Waals surface area contributed by atoms with Crippen molar-refractivity contribution in [2.45, 2.75) is 27.7 Å². The zero-order chi connectivity index (χ0) is 33.7. The van der Waals surface area contributed by atoms with Crippen molar-refractivity contribution in [1.29, 1.82) is 0 Å². The molecule has 0 fully saturated rings. The van der Waals surface area contributed by atoms with Crippen LogP contribution in [0, 0.1) is 27.7 Å². The zero-order valence-electron chi connectivity index (χ0n) is 28.5. The summed E-state index contributed by atoms with van der Waals surface area (Å²) in [5, 5.41) is 2.46. The first-order valence-electron chi connectivity index (χ1n) is 17.4. The molecule has 0 amide bonds. The molecule has 0 saturated carbocycles. The summed E-state index contributed by atoms with van der Waals surface area (Å²) in [7, 11) is 0. The lowest BCUT2D eigenvalue weighted by atomic mass is 9.35. The van der Waals surface area contributed by atoms with Crippen LogP contribution >= 0.6 is 0 Å². The van der Waals surface area contributed by atoms with E-state index in [1.54, 1.807) is 0 Å². The molecule has 7 aromatic carbocycles. The normalized spacial score (nSPS) is 12.7. The number of aryl methyl sites for hydroxylation is 4. The smallest absolute Gasteiger partial charge is 0.260 e. The van der Waals surface area contributed by atoms with Crippen molar-refractivity contribution in [3.63, 3.8) is 0 Å². The molecule has 238 valence electrons. The molecular formula is C46H34BNO2. The van der Waals surface area contributed by atoms with Crippen molar-refractivity contribution < 1.29 is 9.47 Å². The van der Waals surface area contributed by atoms with Crippen molar-refractivity contribution in [2.75, 3.05) is 0 Å². The quantitative estimate of drug-likeness (QED) is 0.179. The third-order valence-corrected chi connectivity index (χ3v) is 10.6. The Morgan fingerprint density at radius 1 is 0.440 bits per heavy atom. The van der Waals surface area contributed by atoms with Crippen LogP contribution in [0.25, 0.3) is 49.7 Å². The molecule has 0 bridgehead atoms. The van der Waals surface area contributed by atoms with E-state index < -0.39 is 0 Å². The molecule has 2 aliphatic rings. The van der Waals surface area contributed by atoms with E-state index in [9.17, 15) is 0 Å². The summed E-state index contributed by atoms with van der Waals surface area (Å²) in [5.41, 5.74) is 16.5. The maximum absolute atomic E-state index is 6.83. The first-order chi connectivity index (χ1) is 24.4. The van der Waals surface area contributed by atoms with Gasteiger partial charge >= 0.3 is 0 Å². The lowest BCUT2D eigenvalue weighted by molar-refractivity contribution is 0.464. The lowest BCUT2D eigenvalue weighted by Crippen LogP contribution is -2.57. The molecule has 0 spiro atoms. The highest BCUT2D eigenvalue weighted by molar-refractivity contribution is 6.98. The fourth-order valence-electron chi connectivity index (χ4n) is 8.35. The minimum absolute atomic E-state index is 0.0336. The molecule has 0 atom stereocenters. The van der Waals surface area contributed by atoms with E-state index in [1.165, 1.54) is 77.2 Å². The molecule has 0 saturated heterocycles. The highest BCUT2D eigenvalue weighted by Crippen LogP contribution is 2.43. The molecular weight excluding hydrogens is 609 g/mol. The van der Waals surface area contributed by atoms with Crippen molar-refractivity contribution in [1.82, 2.24) is 4.57 Å². The number of nitrogens with zero attached hydrogens (tertiary/aromatic N) is 1. The van der Waals surface area contributed by atoms with Crippen LogP contribution in [0.15, 0.2) is 133 Å². The predicted molar refractivity (Wildman–Crippen MR) is 208 cm³/mol. The lowest BCUT2D eigenvalue weighted by Gasteiger charge is -2.33. The Bertz CT molecular complexity index is 2510. The SMILES string of the molecule is Cc1ccc2c(c1)Oc1cc(-n3c4c(C)cc(-c5ccccc5)cc4c4cc(-c5ccccc5)cc(C)c43)cc3c1B2c1ccc(C)cc1O3. The fraction of sp³-hybridized carbons (Fsp3) is 0.0870. The van der Waals surface area contributed by atoms with Gasteiger partial charge in [0.15, 0.2) is 0 Å². The Morgan fingerprint density at radius 2 is 0.900 bits per heavy atom. The van der Waals surface area contributed by atoms with E-state index in [4.69, 9.17) is 9.47 Å². The molecule has 0 aliphatic carbocycles. The average Bonchev–Trinajstić information content (AvgIpc) is 3.47. The molecule has 4 heteroatoms. The molecule has 3 heterocycles. The van der Waals surface area contributed by atoms with Crippen LogP contribution in [0.3, 0.4) is 0 Å². The summed E-state index contributed by atoms with van der Waals surface area (Å²) in [6.07, 6.45) is 0. The van der Waals surface area contributed by atoms with Crippen LogP contribution in [0.1, 0.15) is 22.3 Å². The largest absolute Gasteiger partial charge is 0.458 e. The third-order valence-electron chi connectivity index (χ3n) is 10.6. The third kappa shape index (κ3) is 4.31. The van der Waals surface area contributed by atoms with Gasteiger partial charge in [-0.25, -0.2) is 0 Å². The molecule has 1 aromatic heterocycles. The average molecular weight is 644 g/mol. The van der Waals surface area contributed by atoms with Crippen LogP contribution < -0.4 is 25.9 Å². The highest BCUT2D eigenvalue weighted by Gasteiger charge is 2.40. The van der Waals surface area contributed by atoms with Gasteiger partial charge in [-0.1, -0.05) is 84.9 Å². The molecule has 10 rings (SSSR count). The first-order valence-corrected chi connectivity index (χ1v) is 17.4. The van der Waals surface area contributed by atoms with Crippen LogP contribution in [-0.4, -0.2) is 11.3 Å². The van der Waals surface area contributed by atoms with E-state index in [-0.39, 0.29) is 6.71 Å². The maximum atomic E-state index is 6.83. The number of rotatable bonds is 3. The summed E-state index contributed by atoms with van der Waals surface area (Å²) in [4.78, 5) is 0. The fourth-order valence-corrected chi connectivity index (χ4v) is 8.35. The molecule has 50 heavy (non-hydrogen) atoms. The standard InChI is InChI=1S/C46H34BNO2/c1-27-15-17-38-40(19-27)49-42-25-35(26-43-44(42)47(38)39-18-16-28(2)20-41(39)50-43)48-45-29(3)21-33(31-11-7-5-8-12-31)23-36(45)37-24-34(22-30(4)46(37)48)32-13-9-6-10-14-32/h5-26H,1-4H3. The Labute approximate surface area is 292 Å². The van der Waals surface area contributed by atoms with Crippen molar-refractivity contribution in [3.8, 4) is 50.9 Å². The summed E-state index contributed by atoms with van der Waals surface area (Å²) in [5.74, 6) is 3.51. The topological polar surface area (TPSA) is 23.4 Å². The van der Waals surface area contributed by atoms with Gasteiger partial charge in [0.05, 0.1) is 16.7 Å². The molecule has 0 radical (unpaired) electrons. The van der Waals surface area contributed by atoms with Crippen LogP contribution in [0.5, 0.6) is 23.0 Å². The summed E-state index contributed by atoms with van der Waals surface area (Å²) in [6, 6.07) is 48.4. The molecule has 8 aromatic rings. The van der Waals surface area contributed by atoms with Gasteiger partial charge in [0.25, 0.3) is 6.71 Å². The van der Waals surface area contributed by atoms with Gasteiger partial charge < -0.3 is 14.0 Å². The van der Waals surface area contributed by atoms with E-state index >= 15 is 0 Å². The van der Waals surface area contributed by atoms with E-state index in [0.29, 0.717) is 0 Å². The molecule has 0 N–H and O–H groups in total. The Morgan fingerprint density at radius 3 is 1.36 bits per heavy atom. The predicted octanol–water partition coefficient (Wildman–Crippen LogP) is 10.1. The number of benzene rings is 7. The minimum Gasteiger partial charge on any atom is -0.458 e. The second kappa shape index (κ2) is 10.8. The Kier molecular flexibility index (Phi) is 6.23. The summed E-state index contributed by atoms with van der Waals surface area (Å²) in [6.45, 7) is 8.76. The molecule has 2 aliphatic heterocycles. The van der Waals surface area contributed by atoms with Crippen molar-refractivity contribution >= 4 is 44.9 Å². The number of hydrogen-bond donors (Lipinski definition) is 0. The summed E-state index contributed by atoms with van der Waals surface area (Å²) >= 11 is 0. The van der Waals surface area contributed by atoms with E-state index in [0.717, 1.165) is 34.1 Å². The molecule has 0 unspecified atom stereocenters. The van der Waals surface area contributed by atoms with Crippen molar-refractivity contribution in [2.24, 2.45) is 0 Å². The maximum Gasteiger partial charge on any atom is 0.260 e. The highest BCUT2D eigenvalue weighted by atomic mass is 16.5. The second-order valence-corrected chi connectivity index (χ2v) is 14.0. The number of aromatic nitrogens is 1. The van der Waals surface area contributed by atoms with Gasteiger partial charge in [-0.3, -0.25) is 0 Å². The van der Waals surface area contributed by atoms with Gasteiger partial charge in [0, 0.05) is 28.4 Å². The summed E-state index contributed by atoms with van der Waals surface area (Å²) < 4.78 is 16.1. The molecule has 3 nitrogen and oxygen atoms in total.